The van der Waals surface area contributed by atoms with Crippen molar-refractivity contribution < 1.29 is 9.53 Å². The molecule has 0 aliphatic heterocycles. The highest BCUT2D eigenvalue weighted by atomic mass is 16.5. The summed E-state index contributed by atoms with van der Waals surface area (Å²) in [6, 6.07) is 8.26. The molecule has 0 saturated carbocycles. The van der Waals surface area contributed by atoms with Crippen molar-refractivity contribution in [3.63, 3.8) is 0 Å². The molecule has 1 aromatic carbocycles. The van der Waals surface area contributed by atoms with Gasteiger partial charge in [-0.25, -0.2) is 0 Å². The summed E-state index contributed by atoms with van der Waals surface area (Å²) in [4.78, 5) is 11.2. The summed E-state index contributed by atoms with van der Waals surface area (Å²) in [5, 5.41) is 0. The number of ether oxygens (including phenoxy) is 1. The largest absolute Gasteiger partial charge is 0.371 e. The first kappa shape index (κ1) is 13.1. The van der Waals surface area contributed by atoms with Crippen LogP contribution in [0.1, 0.15) is 37.0 Å². The topological polar surface area (TPSA) is 78.3 Å². The van der Waals surface area contributed by atoms with E-state index in [1.807, 2.05) is 12.1 Å². The van der Waals surface area contributed by atoms with E-state index in [-0.39, 0.29) is 12.7 Å². The zero-order valence-electron chi connectivity index (χ0n) is 10.7. The number of nitrogens with two attached hydrogens (primary N) is 2. The third kappa shape index (κ3) is 2.71. The van der Waals surface area contributed by atoms with Gasteiger partial charge >= 0.3 is 0 Å². The Morgan fingerprint density at radius 1 is 1.50 bits per heavy atom. The van der Waals surface area contributed by atoms with E-state index >= 15 is 0 Å². The number of hydrogen-bond acceptors (Lipinski definition) is 3. The van der Waals surface area contributed by atoms with Crippen molar-refractivity contribution in [1.29, 1.82) is 0 Å². The van der Waals surface area contributed by atoms with E-state index in [1.54, 1.807) is 6.92 Å². The van der Waals surface area contributed by atoms with Crippen LogP contribution in [0.4, 0.5) is 0 Å². The van der Waals surface area contributed by atoms with Gasteiger partial charge in [-0.15, -0.1) is 0 Å². The number of carbonyl (C=O) groups is 1. The Bertz CT molecular complexity index is 443. The molecular formula is C14H20N2O2. The number of rotatable bonds is 4. The van der Waals surface area contributed by atoms with E-state index in [4.69, 9.17) is 16.2 Å². The molecule has 2 rings (SSSR count). The molecule has 1 aliphatic rings. The smallest absolute Gasteiger partial charge is 0.239 e. The summed E-state index contributed by atoms with van der Waals surface area (Å²) in [6.45, 7) is 1.76. The predicted octanol–water partition coefficient (Wildman–Crippen LogP) is 1.28. The maximum atomic E-state index is 11.2. The van der Waals surface area contributed by atoms with Gasteiger partial charge in [0.1, 0.15) is 5.54 Å². The number of primary amides is 1. The van der Waals surface area contributed by atoms with Gasteiger partial charge in [0.15, 0.2) is 0 Å². The Morgan fingerprint density at radius 2 is 2.22 bits per heavy atom. The van der Waals surface area contributed by atoms with Gasteiger partial charge in [0, 0.05) is 0 Å². The average molecular weight is 248 g/mol. The summed E-state index contributed by atoms with van der Waals surface area (Å²) < 4.78 is 5.81. The van der Waals surface area contributed by atoms with Crippen molar-refractivity contribution in [3.8, 4) is 0 Å². The van der Waals surface area contributed by atoms with Gasteiger partial charge in [0.05, 0.1) is 12.7 Å². The number of aryl methyl sites for hydroxylation is 1. The lowest BCUT2D eigenvalue weighted by Gasteiger charge is -2.29. The lowest BCUT2D eigenvalue weighted by atomic mass is 9.89. The lowest BCUT2D eigenvalue weighted by molar-refractivity contribution is -0.125. The quantitative estimate of drug-likeness (QED) is 0.842. The zero-order chi connectivity index (χ0) is 13.2. The number of amides is 1. The third-order valence-corrected chi connectivity index (χ3v) is 3.46. The lowest BCUT2D eigenvalue weighted by Crippen LogP contribution is -2.53. The molecule has 4 nitrogen and oxygen atoms in total. The fourth-order valence-electron chi connectivity index (χ4n) is 2.23. The Labute approximate surface area is 107 Å². The maximum absolute atomic E-state index is 11.2. The maximum Gasteiger partial charge on any atom is 0.239 e. The highest BCUT2D eigenvalue weighted by Crippen LogP contribution is 2.32. The minimum Gasteiger partial charge on any atom is -0.371 e. The Hall–Kier alpha value is -1.39. The monoisotopic (exact) mass is 248 g/mol. The van der Waals surface area contributed by atoms with E-state index in [0.717, 1.165) is 19.3 Å². The van der Waals surface area contributed by atoms with Gasteiger partial charge in [-0.1, -0.05) is 24.3 Å². The van der Waals surface area contributed by atoms with E-state index in [1.165, 1.54) is 11.1 Å². The van der Waals surface area contributed by atoms with E-state index in [0.29, 0.717) is 0 Å². The van der Waals surface area contributed by atoms with Gasteiger partial charge in [-0.05, 0) is 37.3 Å². The van der Waals surface area contributed by atoms with Gasteiger partial charge in [-0.2, -0.15) is 0 Å². The molecule has 1 aliphatic carbocycles. The van der Waals surface area contributed by atoms with Crippen molar-refractivity contribution in [1.82, 2.24) is 0 Å². The van der Waals surface area contributed by atoms with Gasteiger partial charge < -0.3 is 16.2 Å². The van der Waals surface area contributed by atoms with E-state index in [2.05, 4.69) is 12.1 Å². The van der Waals surface area contributed by atoms with Gasteiger partial charge in [0.2, 0.25) is 5.91 Å². The molecule has 2 atom stereocenters. The molecule has 0 heterocycles. The summed E-state index contributed by atoms with van der Waals surface area (Å²) in [7, 11) is 0. The Kier molecular flexibility index (Phi) is 3.68. The number of hydrogen-bond donors (Lipinski definition) is 2. The minimum atomic E-state index is -1.10. The molecule has 0 spiro atoms. The van der Waals surface area contributed by atoms with Gasteiger partial charge in [0.25, 0.3) is 0 Å². The Balaban J connectivity index is 2.06. The predicted molar refractivity (Wildman–Crippen MR) is 69.9 cm³/mol. The molecule has 98 valence electrons. The number of fused-ring (bicyclic) bond motifs is 1. The van der Waals surface area contributed by atoms with Crippen molar-refractivity contribution in [2.75, 3.05) is 6.61 Å². The van der Waals surface area contributed by atoms with Crippen molar-refractivity contribution in [3.05, 3.63) is 35.4 Å². The minimum absolute atomic E-state index is 0.0252. The highest BCUT2D eigenvalue weighted by Gasteiger charge is 2.29. The normalized spacial score (nSPS) is 22.0. The zero-order valence-corrected chi connectivity index (χ0v) is 10.7. The standard InChI is InChI=1S/C14H20N2O2/c1-14(16,13(15)17)9-18-12-8-4-6-10-5-2-3-7-11(10)12/h2-3,5,7,12H,4,6,8-9,16H2,1H3,(H2,15,17). The van der Waals surface area contributed by atoms with Crippen LogP contribution in [0.2, 0.25) is 0 Å². The highest BCUT2D eigenvalue weighted by molar-refractivity contribution is 5.83. The Morgan fingerprint density at radius 3 is 2.94 bits per heavy atom. The molecule has 0 radical (unpaired) electrons. The molecule has 1 amide bonds. The van der Waals surface area contributed by atoms with Crippen LogP contribution in [0.3, 0.4) is 0 Å². The van der Waals surface area contributed by atoms with E-state index < -0.39 is 11.4 Å². The van der Waals surface area contributed by atoms with Crippen molar-refractivity contribution >= 4 is 5.91 Å². The van der Waals surface area contributed by atoms with Crippen molar-refractivity contribution in [2.45, 2.75) is 37.8 Å². The molecular weight excluding hydrogens is 228 g/mol. The summed E-state index contributed by atoms with van der Waals surface area (Å²) in [6.07, 6.45) is 3.18. The molecule has 0 fully saturated rings. The molecule has 0 bridgehead atoms. The van der Waals surface area contributed by atoms with Gasteiger partial charge in [-0.3, -0.25) is 4.79 Å². The SMILES string of the molecule is CC(N)(COC1CCCc2ccccc21)C(N)=O. The fraction of sp³-hybridized carbons (Fsp3) is 0.500. The average Bonchev–Trinajstić information content (AvgIpc) is 2.36. The first-order valence-electron chi connectivity index (χ1n) is 6.29. The second kappa shape index (κ2) is 5.08. The van der Waals surface area contributed by atoms with Crippen LogP contribution >= 0.6 is 0 Å². The molecule has 0 aromatic heterocycles. The molecule has 2 unspecified atom stereocenters. The van der Waals surface area contributed by atoms with Crippen LogP contribution in [0.25, 0.3) is 0 Å². The summed E-state index contributed by atoms with van der Waals surface area (Å²) in [5.74, 6) is -0.536. The summed E-state index contributed by atoms with van der Waals surface area (Å²) in [5.41, 5.74) is 12.5. The van der Waals surface area contributed by atoms with Crippen LogP contribution in [0.15, 0.2) is 24.3 Å². The van der Waals surface area contributed by atoms with E-state index in [9.17, 15) is 4.79 Å². The van der Waals surface area contributed by atoms with Crippen LogP contribution in [0, 0.1) is 0 Å². The molecule has 1 aromatic rings. The number of benzene rings is 1. The van der Waals surface area contributed by atoms with Crippen LogP contribution in [-0.4, -0.2) is 18.1 Å². The van der Waals surface area contributed by atoms with Crippen LogP contribution in [-0.2, 0) is 16.0 Å². The fourth-order valence-corrected chi connectivity index (χ4v) is 2.23. The molecule has 0 saturated heterocycles. The first-order chi connectivity index (χ1) is 8.50. The van der Waals surface area contributed by atoms with Crippen LogP contribution < -0.4 is 11.5 Å². The summed E-state index contributed by atoms with van der Waals surface area (Å²) >= 11 is 0. The van der Waals surface area contributed by atoms with Crippen molar-refractivity contribution in [2.24, 2.45) is 11.5 Å². The van der Waals surface area contributed by atoms with Crippen LogP contribution in [0.5, 0.6) is 0 Å². The molecule has 4 heteroatoms. The second-order valence-corrected chi connectivity index (χ2v) is 5.17. The first-order valence-corrected chi connectivity index (χ1v) is 6.29. The number of carbonyl (C=O) groups excluding carboxylic acids is 1. The third-order valence-electron chi connectivity index (χ3n) is 3.46. The molecule has 18 heavy (non-hydrogen) atoms. The molecule has 4 N–H and O–H groups in total. The second-order valence-electron chi connectivity index (χ2n) is 5.17.